The lowest BCUT2D eigenvalue weighted by atomic mass is 10.2. The van der Waals surface area contributed by atoms with Gasteiger partial charge in [-0.3, -0.25) is 0 Å². The lowest BCUT2D eigenvalue weighted by Gasteiger charge is -2.12. The molecular formula is C12H20N2O2S2. The molecule has 0 radical (unpaired) electrons. The van der Waals surface area contributed by atoms with Gasteiger partial charge in [-0.15, -0.1) is 11.3 Å². The van der Waals surface area contributed by atoms with Gasteiger partial charge < -0.3 is 5.73 Å². The van der Waals surface area contributed by atoms with Crippen LogP contribution in [0.25, 0.3) is 0 Å². The van der Waals surface area contributed by atoms with Gasteiger partial charge >= 0.3 is 0 Å². The van der Waals surface area contributed by atoms with E-state index >= 15 is 0 Å². The molecule has 1 aromatic rings. The molecular weight excluding hydrogens is 268 g/mol. The van der Waals surface area contributed by atoms with Crippen molar-refractivity contribution in [2.75, 3.05) is 0 Å². The quantitative estimate of drug-likeness (QED) is 0.840. The molecule has 102 valence electrons. The first kappa shape index (κ1) is 14.0. The van der Waals surface area contributed by atoms with Crippen LogP contribution in [0, 0.1) is 12.8 Å². The van der Waals surface area contributed by atoms with Crippen molar-refractivity contribution < 1.29 is 8.42 Å². The van der Waals surface area contributed by atoms with E-state index in [1.54, 1.807) is 6.07 Å². The van der Waals surface area contributed by atoms with Gasteiger partial charge in [0.25, 0.3) is 0 Å². The molecule has 0 aromatic carbocycles. The lowest BCUT2D eigenvalue weighted by Crippen LogP contribution is -2.32. The minimum Gasteiger partial charge on any atom is -0.326 e. The zero-order chi connectivity index (χ0) is 13.3. The normalized spacial score (nSPS) is 17.9. The second-order valence-electron chi connectivity index (χ2n) is 5.08. The molecule has 1 aliphatic carbocycles. The van der Waals surface area contributed by atoms with Crippen LogP contribution in [-0.2, 0) is 16.6 Å². The van der Waals surface area contributed by atoms with Crippen LogP contribution in [0.4, 0.5) is 0 Å². The van der Waals surface area contributed by atoms with Crippen LogP contribution >= 0.6 is 11.3 Å². The SMILES string of the molecule is Cc1cc(S(=O)(=O)NC(C)CC2CC2)sc1CN. The minimum atomic E-state index is -3.38. The second kappa shape index (κ2) is 5.28. The van der Waals surface area contributed by atoms with Gasteiger partial charge in [-0.2, -0.15) is 0 Å². The van der Waals surface area contributed by atoms with Crippen molar-refractivity contribution in [3.8, 4) is 0 Å². The van der Waals surface area contributed by atoms with Gasteiger partial charge in [-0.05, 0) is 37.8 Å². The standard InChI is InChI=1S/C12H20N2O2S2/c1-8-5-12(17-11(8)7-13)18(15,16)14-9(2)6-10-3-4-10/h5,9-10,14H,3-4,6-7,13H2,1-2H3. The van der Waals surface area contributed by atoms with Crippen LogP contribution in [0.1, 0.15) is 36.6 Å². The molecule has 0 saturated heterocycles. The Morgan fingerprint density at radius 3 is 2.72 bits per heavy atom. The molecule has 6 heteroatoms. The number of nitrogens with one attached hydrogen (secondary N) is 1. The average Bonchev–Trinajstić information content (AvgIpc) is 2.97. The van der Waals surface area contributed by atoms with Crippen LogP contribution < -0.4 is 10.5 Å². The van der Waals surface area contributed by atoms with Gasteiger partial charge in [0.05, 0.1) is 0 Å². The van der Waals surface area contributed by atoms with E-state index in [0.717, 1.165) is 16.9 Å². The summed E-state index contributed by atoms with van der Waals surface area (Å²) < 4.78 is 27.5. The minimum absolute atomic E-state index is 0.00577. The van der Waals surface area contributed by atoms with Crippen LogP contribution in [-0.4, -0.2) is 14.5 Å². The Morgan fingerprint density at radius 2 is 2.22 bits per heavy atom. The van der Waals surface area contributed by atoms with Gasteiger partial charge in [0.1, 0.15) is 4.21 Å². The Bertz CT molecular complexity index is 518. The highest BCUT2D eigenvalue weighted by atomic mass is 32.2. The highest BCUT2D eigenvalue weighted by molar-refractivity contribution is 7.91. The Hall–Kier alpha value is -0.430. The smallest absolute Gasteiger partial charge is 0.250 e. The number of rotatable bonds is 6. The first-order valence-electron chi connectivity index (χ1n) is 6.24. The first-order valence-corrected chi connectivity index (χ1v) is 8.54. The predicted molar refractivity (Wildman–Crippen MR) is 74.1 cm³/mol. The molecule has 18 heavy (non-hydrogen) atoms. The first-order chi connectivity index (χ1) is 8.42. The monoisotopic (exact) mass is 288 g/mol. The second-order valence-corrected chi connectivity index (χ2v) is 8.15. The number of hydrogen-bond donors (Lipinski definition) is 2. The molecule has 0 bridgehead atoms. The molecule has 0 amide bonds. The van der Waals surface area contributed by atoms with Gasteiger partial charge in [0.2, 0.25) is 10.0 Å². The summed E-state index contributed by atoms with van der Waals surface area (Å²) in [6.07, 6.45) is 3.41. The third kappa shape index (κ3) is 3.32. The predicted octanol–water partition coefficient (Wildman–Crippen LogP) is 1.98. The topological polar surface area (TPSA) is 72.2 Å². The van der Waals surface area contributed by atoms with Crippen LogP contribution in [0.5, 0.6) is 0 Å². The summed E-state index contributed by atoms with van der Waals surface area (Å²) in [4.78, 5) is 0.935. The van der Waals surface area contributed by atoms with Gasteiger partial charge in [-0.1, -0.05) is 12.8 Å². The van der Waals surface area contributed by atoms with Crippen molar-refractivity contribution in [3.05, 3.63) is 16.5 Å². The van der Waals surface area contributed by atoms with Crippen molar-refractivity contribution in [3.63, 3.8) is 0 Å². The largest absolute Gasteiger partial charge is 0.326 e. The molecule has 1 heterocycles. The van der Waals surface area contributed by atoms with Crippen LogP contribution in [0.3, 0.4) is 0 Å². The number of sulfonamides is 1. The van der Waals surface area contributed by atoms with E-state index in [1.165, 1.54) is 24.2 Å². The molecule has 1 atom stereocenters. The molecule has 0 spiro atoms. The summed E-state index contributed by atoms with van der Waals surface area (Å²) in [5.41, 5.74) is 6.53. The third-order valence-electron chi connectivity index (χ3n) is 3.19. The fraction of sp³-hybridized carbons (Fsp3) is 0.667. The molecule has 3 N–H and O–H groups in total. The molecule has 1 unspecified atom stereocenters. The Balaban J connectivity index is 2.08. The summed E-state index contributed by atoms with van der Waals surface area (Å²) in [7, 11) is -3.38. The number of nitrogens with two attached hydrogens (primary N) is 1. The summed E-state index contributed by atoms with van der Waals surface area (Å²) in [6.45, 7) is 4.22. The van der Waals surface area contributed by atoms with E-state index in [4.69, 9.17) is 5.73 Å². The fourth-order valence-electron chi connectivity index (χ4n) is 2.05. The van der Waals surface area contributed by atoms with Crippen molar-refractivity contribution in [1.82, 2.24) is 4.72 Å². The van der Waals surface area contributed by atoms with E-state index < -0.39 is 10.0 Å². The Morgan fingerprint density at radius 1 is 1.56 bits per heavy atom. The molecule has 0 aliphatic heterocycles. The van der Waals surface area contributed by atoms with E-state index in [2.05, 4.69) is 4.72 Å². The molecule has 1 aromatic heterocycles. The average molecular weight is 288 g/mol. The number of hydrogen-bond acceptors (Lipinski definition) is 4. The Labute approximate surface area is 113 Å². The summed E-state index contributed by atoms with van der Waals surface area (Å²) in [6, 6.07) is 1.71. The van der Waals surface area contributed by atoms with Crippen molar-refractivity contribution >= 4 is 21.4 Å². The summed E-state index contributed by atoms with van der Waals surface area (Å²) in [5, 5.41) is 0. The highest BCUT2D eigenvalue weighted by Gasteiger charge is 2.27. The zero-order valence-electron chi connectivity index (χ0n) is 10.8. The van der Waals surface area contributed by atoms with Crippen molar-refractivity contribution in [2.24, 2.45) is 11.7 Å². The lowest BCUT2D eigenvalue weighted by molar-refractivity contribution is 0.531. The van der Waals surface area contributed by atoms with E-state index in [9.17, 15) is 8.42 Å². The number of thiophene rings is 1. The fourth-order valence-corrected chi connectivity index (χ4v) is 4.79. The molecule has 1 saturated carbocycles. The highest BCUT2D eigenvalue weighted by Crippen LogP contribution is 2.34. The zero-order valence-corrected chi connectivity index (χ0v) is 12.4. The van der Waals surface area contributed by atoms with Crippen LogP contribution in [0.2, 0.25) is 0 Å². The van der Waals surface area contributed by atoms with E-state index in [0.29, 0.717) is 16.7 Å². The molecule has 1 fully saturated rings. The maximum atomic E-state index is 12.2. The van der Waals surface area contributed by atoms with E-state index in [1.807, 2.05) is 13.8 Å². The maximum absolute atomic E-state index is 12.2. The third-order valence-corrected chi connectivity index (χ3v) is 6.51. The summed E-state index contributed by atoms with van der Waals surface area (Å²) >= 11 is 1.27. The number of aryl methyl sites for hydroxylation is 1. The van der Waals surface area contributed by atoms with Crippen LogP contribution in [0.15, 0.2) is 10.3 Å². The van der Waals surface area contributed by atoms with Crippen molar-refractivity contribution in [1.29, 1.82) is 0 Å². The molecule has 2 rings (SSSR count). The summed E-state index contributed by atoms with van der Waals surface area (Å²) in [5.74, 6) is 0.715. The van der Waals surface area contributed by atoms with Crippen molar-refractivity contribution in [2.45, 2.75) is 49.9 Å². The van der Waals surface area contributed by atoms with E-state index in [-0.39, 0.29) is 6.04 Å². The molecule has 1 aliphatic rings. The Kier molecular flexibility index (Phi) is 4.11. The van der Waals surface area contributed by atoms with Gasteiger partial charge in [0.15, 0.2) is 0 Å². The maximum Gasteiger partial charge on any atom is 0.250 e. The molecule has 4 nitrogen and oxygen atoms in total. The van der Waals surface area contributed by atoms with Gasteiger partial charge in [-0.25, -0.2) is 13.1 Å². The van der Waals surface area contributed by atoms with Gasteiger partial charge in [0, 0.05) is 17.5 Å².